The van der Waals surface area contributed by atoms with Gasteiger partial charge in [0, 0.05) is 17.3 Å². The Labute approximate surface area is 132 Å². The third-order valence-electron chi connectivity index (χ3n) is 3.58. The van der Waals surface area contributed by atoms with Gasteiger partial charge in [-0.2, -0.15) is 0 Å². The fourth-order valence-corrected chi connectivity index (χ4v) is 4.90. The van der Waals surface area contributed by atoms with Crippen LogP contribution in [0, 0.1) is 0 Å². The molecule has 1 fully saturated rings. The van der Waals surface area contributed by atoms with E-state index < -0.39 is 15.6 Å². The Morgan fingerprint density at radius 2 is 2.20 bits per heavy atom. The quantitative estimate of drug-likeness (QED) is 0.786. The van der Waals surface area contributed by atoms with Crippen molar-refractivity contribution in [3.8, 4) is 0 Å². The van der Waals surface area contributed by atoms with Gasteiger partial charge in [-0.15, -0.1) is 0 Å². The first-order chi connectivity index (χ1) is 9.16. The van der Waals surface area contributed by atoms with Gasteiger partial charge in [-0.05, 0) is 48.3 Å². The number of nitrogens with two attached hydrogens (primary N) is 1. The molecule has 1 aliphatic rings. The van der Waals surface area contributed by atoms with Gasteiger partial charge in [0.1, 0.15) is 0 Å². The van der Waals surface area contributed by atoms with Gasteiger partial charge >= 0.3 is 0 Å². The summed E-state index contributed by atoms with van der Waals surface area (Å²) in [5, 5.41) is 0.270. The summed E-state index contributed by atoms with van der Waals surface area (Å²) in [4.78, 5) is 0.0304. The predicted octanol–water partition coefficient (Wildman–Crippen LogP) is 2.53. The number of halogens is 2. The minimum absolute atomic E-state index is 0.0304. The molecule has 1 saturated heterocycles. The van der Waals surface area contributed by atoms with Crippen molar-refractivity contribution in [2.24, 2.45) is 0 Å². The molecular weight excluding hydrogens is 368 g/mol. The molecule has 3 N–H and O–H groups in total. The van der Waals surface area contributed by atoms with E-state index in [1.807, 2.05) is 13.8 Å². The molecule has 2 atom stereocenters. The third-order valence-corrected chi connectivity index (χ3v) is 6.58. The van der Waals surface area contributed by atoms with E-state index >= 15 is 0 Å². The highest BCUT2D eigenvalue weighted by atomic mass is 79.9. The number of nitrogens with one attached hydrogen (secondary N) is 1. The number of hydrogen-bond donors (Lipinski definition) is 2. The minimum Gasteiger partial charge on any atom is -0.398 e. The van der Waals surface area contributed by atoms with Gasteiger partial charge in [-0.1, -0.05) is 11.6 Å². The summed E-state index contributed by atoms with van der Waals surface area (Å²) < 4.78 is 33.6. The summed E-state index contributed by atoms with van der Waals surface area (Å²) in [6.07, 6.45) is 0.411. The second-order valence-electron chi connectivity index (χ2n) is 5.09. The molecule has 20 heavy (non-hydrogen) atoms. The SMILES string of the molecule is CC1OCCC1(C)NS(=O)(=O)c1cc(Cl)cc(N)c1Br. The Hall–Kier alpha value is -0.340. The number of sulfonamides is 1. The van der Waals surface area contributed by atoms with Crippen molar-refractivity contribution in [1.82, 2.24) is 4.72 Å². The van der Waals surface area contributed by atoms with Gasteiger partial charge in [-0.3, -0.25) is 0 Å². The fourth-order valence-electron chi connectivity index (χ4n) is 2.11. The monoisotopic (exact) mass is 382 g/mol. The summed E-state index contributed by atoms with van der Waals surface area (Å²) >= 11 is 9.09. The molecule has 5 nitrogen and oxygen atoms in total. The maximum Gasteiger partial charge on any atom is 0.242 e. The number of rotatable bonds is 3. The topological polar surface area (TPSA) is 81.4 Å². The van der Waals surface area contributed by atoms with E-state index in [4.69, 9.17) is 22.1 Å². The first kappa shape index (κ1) is 16.0. The van der Waals surface area contributed by atoms with Crippen LogP contribution >= 0.6 is 27.5 Å². The second-order valence-corrected chi connectivity index (χ2v) is 7.97. The van der Waals surface area contributed by atoms with Crippen molar-refractivity contribution in [2.45, 2.75) is 36.8 Å². The van der Waals surface area contributed by atoms with Crippen LogP contribution in [0.15, 0.2) is 21.5 Å². The van der Waals surface area contributed by atoms with Crippen molar-refractivity contribution in [2.75, 3.05) is 12.3 Å². The van der Waals surface area contributed by atoms with Gasteiger partial charge in [-0.25, -0.2) is 13.1 Å². The molecule has 8 heteroatoms. The molecule has 0 amide bonds. The Bertz CT molecular complexity index is 638. The lowest BCUT2D eigenvalue weighted by atomic mass is 9.97. The number of anilines is 1. The normalized spacial score (nSPS) is 26.9. The van der Waals surface area contributed by atoms with Crippen molar-refractivity contribution in [1.29, 1.82) is 0 Å². The largest absolute Gasteiger partial charge is 0.398 e. The van der Waals surface area contributed by atoms with Gasteiger partial charge in [0.15, 0.2) is 0 Å². The van der Waals surface area contributed by atoms with Crippen LogP contribution in [0.4, 0.5) is 5.69 Å². The summed E-state index contributed by atoms with van der Waals surface area (Å²) in [5.41, 5.74) is 5.37. The molecule has 0 bridgehead atoms. The van der Waals surface area contributed by atoms with E-state index in [9.17, 15) is 8.42 Å². The van der Waals surface area contributed by atoms with Crippen LogP contribution in [-0.2, 0) is 14.8 Å². The molecule has 2 unspecified atom stereocenters. The average Bonchev–Trinajstić information content (AvgIpc) is 2.63. The summed E-state index contributed by atoms with van der Waals surface area (Å²) in [6, 6.07) is 2.86. The molecule has 0 aliphatic carbocycles. The maximum absolute atomic E-state index is 12.6. The lowest BCUT2D eigenvalue weighted by Gasteiger charge is -2.28. The molecule has 0 spiro atoms. The Morgan fingerprint density at radius 3 is 2.75 bits per heavy atom. The predicted molar refractivity (Wildman–Crippen MR) is 82.3 cm³/mol. The molecule has 1 aliphatic heterocycles. The maximum atomic E-state index is 12.6. The van der Waals surface area contributed by atoms with Crippen molar-refractivity contribution < 1.29 is 13.2 Å². The lowest BCUT2D eigenvalue weighted by Crippen LogP contribution is -2.50. The molecule has 1 aromatic rings. The van der Waals surface area contributed by atoms with E-state index in [-0.39, 0.29) is 21.7 Å². The van der Waals surface area contributed by atoms with Crippen LogP contribution in [0.25, 0.3) is 0 Å². The Balaban J connectivity index is 2.41. The fraction of sp³-hybridized carbons (Fsp3) is 0.500. The van der Waals surface area contributed by atoms with Crippen molar-refractivity contribution >= 4 is 43.2 Å². The van der Waals surface area contributed by atoms with Crippen LogP contribution < -0.4 is 10.5 Å². The Kier molecular flexibility index (Phi) is 4.37. The van der Waals surface area contributed by atoms with E-state index in [0.717, 1.165) is 0 Å². The van der Waals surface area contributed by atoms with Crippen LogP contribution in [0.2, 0.25) is 5.02 Å². The molecule has 0 aromatic heterocycles. The summed E-state index contributed by atoms with van der Waals surface area (Å²) in [5.74, 6) is 0. The van der Waals surface area contributed by atoms with Crippen LogP contribution in [-0.4, -0.2) is 26.7 Å². The lowest BCUT2D eigenvalue weighted by molar-refractivity contribution is 0.0957. The highest BCUT2D eigenvalue weighted by Gasteiger charge is 2.41. The van der Waals surface area contributed by atoms with E-state index in [1.165, 1.54) is 12.1 Å². The van der Waals surface area contributed by atoms with Crippen molar-refractivity contribution in [3.63, 3.8) is 0 Å². The molecule has 2 rings (SSSR count). The van der Waals surface area contributed by atoms with Gasteiger partial charge in [0.05, 0.1) is 21.0 Å². The molecule has 0 saturated carbocycles. The third kappa shape index (κ3) is 2.96. The number of nitrogen functional groups attached to an aromatic ring is 1. The van der Waals surface area contributed by atoms with E-state index in [0.29, 0.717) is 17.5 Å². The van der Waals surface area contributed by atoms with Crippen LogP contribution in [0.1, 0.15) is 20.3 Å². The average molecular weight is 384 g/mol. The van der Waals surface area contributed by atoms with Gasteiger partial charge in [0.25, 0.3) is 0 Å². The molecule has 1 heterocycles. The standard InChI is InChI=1S/C12H16BrClN2O3S/c1-7-12(2,3-4-19-7)16-20(17,18)10-6-8(14)5-9(15)11(10)13/h5-7,16H,3-4,15H2,1-2H3. The molecule has 0 radical (unpaired) electrons. The van der Waals surface area contributed by atoms with Crippen molar-refractivity contribution in [3.05, 3.63) is 21.6 Å². The zero-order valence-electron chi connectivity index (χ0n) is 11.1. The van der Waals surface area contributed by atoms with Crippen LogP contribution in [0.3, 0.4) is 0 Å². The highest BCUT2D eigenvalue weighted by Crippen LogP contribution is 2.34. The first-order valence-corrected chi connectivity index (χ1v) is 8.71. The van der Waals surface area contributed by atoms with E-state index in [1.54, 1.807) is 0 Å². The number of benzene rings is 1. The van der Waals surface area contributed by atoms with E-state index in [2.05, 4.69) is 20.7 Å². The first-order valence-electron chi connectivity index (χ1n) is 6.06. The molecule has 112 valence electrons. The van der Waals surface area contributed by atoms with Gasteiger partial charge in [0.2, 0.25) is 10.0 Å². The smallest absolute Gasteiger partial charge is 0.242 e. The van der Waals surface area contributed by atoms with Gasteiger partial charge < -0.3 is 10.5 Å². The summed E-state index contributed by atoms with van der Waals surface area (Å²) in [7, 11) is -3.75. The second kappa shape index (κ2) is 5.46. The number of ether oxygens (including phenoxy) is 1. The summed E-state index contributed by atoms with van der Waals surface area (Å²) in [6.45, 7) is 4.19. The Morgan fingerprint density at radius 1 is 1.55 bits per heavy atom. The molecular formula is C12H16BrClN2O3S. The molecule has 1 aromatic carbocycles. The number of hydrogen-bond acceptors (Lipinski definition) is 4. The van der Waals surface area contributed by atoms with Crippen LogP contribution in [0.5, 0.6) is 0 Å². The minimum atomic E-state index is -3.75. The zero-order valence-corrected chi connectivity index (χ0v) is 14.3. The highest BCUT2D eigenvalue weighted by molar-refractivity contribution is 9.10. The zero-order chi connectivity index (χ0) is 15.1.